The van der Waals surface area contributed by atoms with Crippen LogP contribution in [0.25, 0.3) is 5.65 Å². The van der Waals surface area contributed by atoms with Gasteiger partial charge in [0, 0.05) is 0 Å². The number of aromatic nitrogens is 4. The number of benzene rings is 1. The van der Waals surface area contributed by atoms with Crippen molar-refractivity contribution in [1.82, 2.24) is 19.8 Å². The molecule has 2 N–H and O–H groups in total. The Balaban J connectivity index is 1.80. The highest BCUT2D eigenvalue weighted by Gasteiger charge is 2.18. The average Bonchev–Trinajstić information content (AvgIpc) is 3.06. The highest BCUT2D eigenvalue weighted by Crippen LogP contribution is 2.21. The molecule has 1 aromatic carbocycles. The summed E-state index contributed by atoms with van der Waals surface area (Å²) in [6.45, 7) is 7.54. The summed E-state index contributed by atoms with van der Waals surface area (Å²) in [4.78, 5) is 12.4. The summed E-state index contributed by atoms with van der Waals surface area (Å²) in [5, 5.41) is 18.1. The van der Waals surface area contributed by atoms with Gasteiger partial charge in [-0.1, -0.05) is 19.9 Å². The Kier molecular flexibility index (Phi) is 4.83. The van der Waals surface area contributed by atoms with Gasteiger partial charge in [-0.25, -0.2) is 4.39 Å². The average molecular weight is 356 g/mol. The largest absolute Gasteiger partial charge is 0.371 e. The number of fused-ring (bicyclic) bond motifs is 1. The minimum Gasteiger partial charge on any atom is -0.371 e. The van der Waals surface area contributed by atoms with Crippen LogP contribution in [0.1, 0.15) is 37.9 Å². The van der Waals surface area contributed by atoms with Crippen LogP contribution >= 0.6 is 0 Å². The molecule has 0 fully saturated rings. The molecule has 26 heavy (non-hydrogen) atoms. The van der Waals surface area contributed by atoms with Gasteiger partial charge < -0.3 is 10.6 Å². The van der Waals surface area contributed by atoms with Gasteiger partial charge >= 0.3 is 0 Å². The smallest absolute Gasteiger partial charge is 0.246 e. The summed E-state index contributed by atoms with van der Waals surface area (Å²) in [6.07, 6.45) is 1.51. The lowest BCUT2D eigenvalue weighted by Gasteiger charge is -2.17. The molecule has 0 saturated carbocycles. The maximum atomic E-state index is 13.9. The molecule has 136 valence electrons. The van der Waals surface area contributed by atoms with Crippen molar-refractivity contribution in [2.24, 2.45) is 0 Å². The van der Waals surface area contributed by atoms with E-state index in [9.17, 15) is 9.18 Å². The summed E-state index contributed by atoms with van der Waals surface area (Å²) >= 11 is 0. The van der Waals surface area contributed by atoms with E-state index in [1.165, 1.54) is 12.4 Å². The Morgan fingerprint density at radius 3 is 2.65 bits per heavy atom. The van der Waals surface area contributed by atoms with Crippen molar-refractivity contribution in [2.75, 3.05) is 10.6 Å². The van der Waals surface area contributed by atoms with E-state index >= 15 is 0 Å². The predicted molar refractivity (Wildman–Crippen MR) is 97.7 cm³/mol. The maximum Gasteiger partial charge on any atom is 0.246 e. The van der Waals surface area contributed by atoms with Crippen LogP contribution in [0.5, 0.6) is 0 Å². The van der Waals surface area contributed by atoms with Crippen LogP contribution < -0.4 is 10.6 Å². The van der Waals surface area contributed by atoms with Gasteiger partial charge in [0.2, 0.25) is 11.6 Å². The van der Waals surface area contributed by atoms with Crippen LogP contribution in [0.4, 0.5) is 15.8 Å². The van der Waals surface area contributed by atoms with Gasteiger partial charge in [0.05, 0.1) is 17.1 Å². The summed E-state index contributed by atoms with van der Waals surface area (Å²) in [7, 11) is 0. The number of nitrogens with zero attached hydrogens (tertiary/aromatic N) is 4. The molecule has 3 aromatic rings. The number of anilines is 2. The highest BCUT2D eigenvalue weighted by molar-refractivity contribution is 5.96. The fourth-order valence-corrected chi connectivity index (χ4v) is 2.50. The molecule has 0 spiro atoms. The lowest BCUT2D eigenvalue weighted by atomic mass is 10.1. The minimum absolute atomic E-state index is 0.152. The number of rotatable bonds is 5. The number of amides is 1. The molecule has 3 rings (SSSR count). The molecular formula is C18H21FN6O. The SMILES string of the molecule is Cc1ccc(NC(=O)C(C)Nc2cc(C(C)C)nn3cnnc23)c(F)c1. The van der Waals surface area contributed by atoms with Crippen molar-refractivity contribution >= 4 is 22.9 Å². The minimum atomic E-state index is -0.612. The molecule has 7 nitrogen and oxygen atoms in total. The third-order valence-electron chi connectivity index (χ3n) is 4.03. The second-order valence-corrected chi connectivity index (χ2v) is 6.58. The van der Waals surface area contributed by atoms with E-state index < -0.39 is 11.9 Å². The zero-order valence-electron chi connectivity index (χ0n) is 15.1. The number of hydrogen-bond acceptors (Lipinski definition) is 5. The van der Waals surface area contributed by atoms with E-state index in [1.807, 2.05) is 19.9 Å². The normalized spacial score (nSPS) is 12.4. The van der Waals surface area contributed by atoms with Crippen LogP contribution in [0, 0.1) is 12.7 Å². The van der Waals surface area contributed by atoms with Gasteiger partial charge in [-0.3, -0.25) is 4.79 Å². The van der Waals surface area contributed by atoms with Crippen LogP contribution in [0.2, 0.25) is 0 Å². The number of halogens is 1. The number of hydrogen-bond donors (Lipinski definition) is 2. The van der Waals surface area contributed by atoms with E-state index in [1.54, 1.807) is 30.5 Å². The Hall–Kier alpha value is -3.03. The number of aryl methyl sites for hydroxylation is 1. The molecule has 2 aromatic heterocycles. The number of carbonyl (C=O) groups is 1. The van der Waals surface area contributed by atoms with Crippen molar-refractivity contribution in [3.63, 3.8) is 0 Å². The Morgan fingerprint density at radius 2 is 1.96 bits per heavy atom. The fourth-order valence-electron chi connectivity index (χ4n) is 2.50. The topological polar surface area (TPSA) is 84.2 Å². The first kappa shape index (κ1) is 17.8. The first-order valence-electron chi connectivity index (χ1n) is 8.39. The molecule has 1 atom stereocenters. The predicted octanol–water partition coefficient (Wildman–Crippen LogP) is 3.13. The van der Waals surface area contributed by atoms with Gasteiger partial charge in [0.25, 0.3) is 0 Å². The molecule has 0 radical (unpaired) electrons. The van der Waals surface area contributed by atoms with Crippen LogP contribution in [-0.4, -0.2) is 31.8 Å². The first-order valence-corrected chi connectivity index (χ1v) is 8.39. The Bertz CT molecular complexity index is 952. The van der Waals surface area contributed by atoms with Crippen LogP contribution in [-0.2, 0) is 4.79 Å². The van der Waals surface area contributed by atoms with Gasteiger partial charge in [-0.05, 0) is 43.5 Å². The lowest BCUT2D eigenvalue weighted by molar-refractivity contribution is -0.116. The summed E-state index contributed by atoms with van der Waals surface area (Å²) < 4.78 is 15.5. The maximum absolute atomic E-state index is 13.9. The van der Waals surface area contributed by atoms with Crippen molar-refractivity contribution in [3.8, 4) is 0 Å². The monoisotopic (exact) mass is 356 g/mol. The zero-order valence-corrected chi connectivity index (χ0v) is 15.1. The van der Waals surface area contributed by atoms with Crippen molar-refractivity contribution in [1.29, 1.82) is 0 Å². The molecule has 1 amide bonds. The van der Waals surface area contributed by atoms with E-state index in [-0.39, 0.29) is 17.5 Å². The standard InChI is InChI=1S/C18H21FN6O/c1-10(2)15-8-16(17-23-20-9-25(17)24-15)21-12(4)18(26)22-14-6-5-11(3)7-13(14)19/h5-10,12,21H,1-4H3,(H,22,26). The van der Waals surface area contributed by atoms with Gasteiger partial charge in [0.15, 0.2) is 0 Å². The first-order chi connectivity index (χ1) is 12.3. The molecule has 0 aliphatic carbocycles. The highest BCUT2D eigenvalue weighted by atomic mass is 19.1. The van der Waals surface area contributed by atoms with Crippen LogP contribution in [0.15, 0.2) is 30.6 Å². The molecule has 0 aliphatic heterocycles. The van der Waals surface area contributed by atoms with E-state index in [0.29, 0.717) is 11.3 Å². The Morgan fingerprint density at radius 1 is 1.19 bits per heavy atom. The third kappa shape index (κ3) is 3.63. The van der Waals surface area contributed by atoms with Gasteiger partial charge in [0.1, 0.15) is 18.2 Å². The quantitative estimate of drug-likeness (QED) is 0.734. The molecule has 0 bridgehead atoms. The second kappa shape index (κ2) is 7.07. The summed E-state index contributed by atoms with van der Waals surface area (Å²) in [5.41, 5.74) is 2.96. The lowest BCUT2D eigenvalue weighted by Crippen LogP contribution is -2.32. The summed E-state index contributed by atoms with van der Waals surface area (Å²) in [6, 6.07) is 5.92. The van der Waals surface area contributed by atoms with Crippen molar-refractivity contribution in [3.05, 3.63) is 47.7 Å². The third-order valence-corrected chi connectivity index (χ3v) is 4.03. The molecule has 0 saturated heterocycles. The van der Waals surface area contributed by atoms with Crippen molar-refractivity contribution < 1.29 is 9.18 Å². The molecular weight excluding hydrogens is 335 g/mol. The molecule has 0 aliphatic rings. The van der Waals surface area contributed by atoms with E-state index in [2.05, 4.69) is 25.9 Å². The Labute approximate surface area is 150 Å². The van der Waals surface area contributed by atoms with Crippen molar-refractivity contribution in [2.45, 2.75) is 39.7 Å². The fraction of sp³-hybridized carbons (Fsp3) is 0.333. The molecule has 2 heterocycles. The second-order valence-electron chi connectivity index (χ2n) is 6.58. The zero-order chi connectivity index (χ0) is 18.8. The van der Waals surface area contributed by atoms with Crippen LogP contribution in [0.3, 0.4) is 0 Å². The summed E-state index contributed by atoms with van der Waals surface area (Å²) in [5.74, 6) is -0.613. The molecule has 8 heteroatoms. The van der Waals surface area contributed by atoms with E-state index in [0.717, 1.165) is 11.3 Å². The molecule has 1 unspecified atom stereocenters. The van der Waals surface area contributed by atoms with Gasteiger partial charge in [-0.2, -0.15) is 9.61 Å². The van der Waals surface area contributed by atoms with Gasteiger partial charge in [-0.15, -0.1) is 10.2 Å². The number of carbonyl (C=O) groups excluding carboxylic acids is 1. The van der Waals surface area contributed by atoms with E-state index in [4.69, 9.17) is 0 Å². The number of nitrogens with one attached hydrogen (secondary N) is 2.